The van der Waals surface area contributed by atoms with E-state index in [9.17, 15) is 4.79 Å². The molecule has 0 bridgehead atoms. The maximum Gasteiger partial charge on any atom is 0.229 e. The van der Waals surface area contributed by atoms with E-state index in [0.29, 0.717) is 13.0 Å². The Labute approximate surface area is 142 Å². The van der Waals surface area contributed by atoms with Crippen molar-refractivity contribution in [3.8, 4) is 0 Å². The van der Waals surface area contributed by atoms with Gasteiger partial charge in [0.1, 0.15) is 0 Å². The smallest absolute Gasteiger partial charge is 0.229 e. The van der Waals surface area contributed by atoms with Crippen LogP contribution in [-0.2, 0) is 17.8 Å². The quantitative estimate of drug-likeness (QED) is 0.878. The third kappa shape index (κ3) is 4.41. The van der Waals surface area contributed by atoms with Gasteiger partial charge in [-0.05, 0) is 57.5 Å². The van der Waals surface area contributed by atoms with Gasteiger partial charge in [0.25, 0.3) is 0 Å². The van der Waals surface area contributed by atoms with Crippen LogP contribution < -0.4 is 5.32 Å². The fraction of sp³-hybridized carbons (Fsp3) is 0.500. The lowest BCUT2D eigenvalue weighted by Crippen LogP contribution is -2.41. The fourth-order valence-corrected chi connectivity index (χ4v) is 3.22. The zero-order chi connectivity index (χ0) is 16.8. The lowest BCUT2D eigenvalue weighted by Gasteiger charge is -2.31. The van der Waals surface area contributed by atoms with Gasteiger partial charge in [0, 0.05) is 17.9 Å². The van der Waals surface area contributed by atoms with E-state index in [2.05, 4.69) is 20.5 Å². The maximum atomic E-state index is 13.0. The zero-order valence-electron chi connectivity index (χ0n) is 14.2. The molecular weight excluding hydrogens is 302 g/mol. The second-order valence-corrected chi connectivity index (χ2v) is 6.40. The highest BCUT2D eigenvalue weighted by atomic mass is 16.2. The highest BCUT2D eigenvalue weighted by molar-refractivity contribution is 5.78. The first-order valence-corrected chi connectivity index (χ1v) is 8.63. The van der Waals surface area contributed by atoms with Gasteiger partial charge in [0.15, 0.2) is 0 Å². The molecule has 6 heteroatoms. The number of rotatable bonds is 5. The molecule has 1 fully saturated rings. The van der Waals surface area contributed by atoms with E-state index in [1.807, 2.05) is 36.1 Å². The highest BCUT2D eigenvalue weighted by Gasteiger charge is 2.25. The summed E-state index contributed by atoms with van der Waals surface area (Å²) in [6, 6.07) is 8.04. The standard InChI is InChI=1S/C18H25N5O/c1-14-11-16(22-21-14)12-18(24)23(13-15-5-2-3-9-20-15)17-6-4-8-19-10-7-17/h2-3,5,9,11,17,19H,4,6-8,10,12-13H2,1H3,(H,21,22)/t17-/m0/s1. The minimum absolute atomic E-state index is 0.124. The van der Waals surface area contributed by atoms with Crippen molar-refractivity contribution < 1.29 is 4.79 Å². The molecule has 128 valence electrons. The summed E-state index contributed by atoms with van der Waals surface area (Å²) < 4.78 is 0. The summed E-state index contributed by atoms with van der Waals surface area (Å²) in [5.41, 5.74) is 2.71. The number of aryl methyl sites for hydroxylation is 1. The summed E-state index contributed by atoms with van der Waals surface area (Å²) in [6.07, 6.45) is 5.23. The first kappa shape index (κ1) is 16.6. The van der Waals surface area contributed by atoms with Gasteiger partial charge < -0.3 is 10.2 Å². The Morgan fingerprint density at radius 2 is 2.21 bits per heavy atom. The third-order valence-electron chi connectivity index (χ3n) is 4.46. The molecule has 24 heavy (non-hydrogen) atoms. The Morgan fingerprint density at radius 1 is 1.29 bits per heavy atom. The van der Waals surface area contributed by atoms with Crippen molar-refractivity contribution in [3.05, 3.63) is 47.5 Å². The molecule has 1 saturated heterocycles. The van der Waals surface area contributed by atoms with Gasteiger partial charge in [-0.3, -0.25) is 14.9 Å². The van der Waals surface area contributed by atoms with Crippen molar-refractivity contribution in [1.29, 1.82) is 0 Å². The van der Waals surface area contributed by atoms with Crippen molar-refractivity contribution in [2.24, 2.45) is 0 Å². The van der Waals surface area contributed by atoms with Gasteiger partial charge in [0.2, 0.25) is 5.91 Å². The van der Waals surface area contributed by atoms with Crippen LogP contribution in [0.25, 0.3) is 0 Å². The first-order valence-electron chi connectivity index (χ1n) is 8.63. The van der Waals surface area contributed by atoms with Crippen LogP contribution in [-0.4, -0.2) is 45.1 Å². The van der Waals surface area contributed by atoms with Crippen LogP contribution >= 0.6 is 0 Å². The molecule has 0 aromatic carbocycles. The summed E-state index contributed by atoms with van der Waals surface area (Å²) in [4.78, 5) is 19.4. The molecule has 0 unspecified atom stereocenters. The van der Waals surface area contributed by atoms with Crippen LogP contribution in [0, 0.1) is 6.92 Å². The van der Waals surface area contributed by atoms with Crippen LogP contribution in [0.5, 0.6) is 0 Å². The van der Waals surface area contributed by atoms with E-state index >= 15 is 0 Å². The highest BCUT2D eigenvalue weighted by Crippen LogP contribution is 2.18. The number of aromatic amines is 1. The van der Waals surface area contributed by atoms with E-state index in [4.69, 9.17) is 0 Å². The number of carbonyl (C=O) groups is 1. The maximum absolute atomic E-state index is 13.0. The van der Waals surface area contributed by atoms with Crippen molar-refractivity contribution in [1.82, 2.24) is 25.4 Å². The van der Waals surface area contributed by atoms with Crippen molar-refractivity contribution >= 4 is 5.91 Å². The van der Waals surface area contributed by atoms with Gasteiger partial charge in [-0.2, -0.15) is 5.10 Å². The second kappa shape index (κ2) is 8.06. The molecule has 6 nitrogen and oxygen atoms in total. The molecule has 1 amide bonds. The summed E-state index contributed by atoms with van der Waals surface area (Å²) >= 11 is 0. The van der Waals surface area contributed by atoms with E-state index in [1.54, 1.807) is 6.20 Å². The zero-order valence-corrected chi connectivity index (χ0v) is 14.2. The van der Waals surface area contributed by atoms with Gasteiger partial charge in [-0.15, -0.1) is 0 Å². The Morgan fingerprint density at radius 3 is 2.96 bits per heavy atom. The number of hydrogen-bond donors (Lipinski definition) is 2. The van der Waals surface area contributed by atoms with Gasteiger partial charge in [0.05, 0.1) is 24.4 Å². The number of H-pyrrole nitrogens is 1. The van der Waals surface area contributed by atoms with Crippen LogP contribution in [0.3, 0.4) is 0 Å². The fourth-order valence-electron chi connectivity index (χ4n) is 3.22. The molecule has 0 radical (unpaired) electrons. The SMILES string of the molecule is Cc1cc(CC(=O)N(Cc2ccccn2)[C@H]2CCCNCC2)n[nH]1. The topological polar surface area (TPSA) is 73.9 Å². The number of hydrogen-bond acceptors (Lipinski definition) is 4. The molecule has 1 aliphatic rings. The minimum atomic E-state index is 0.124. The average Bonchev–Trinajstić information content (AvgIpc) is 2.84. The number of carbonyl (C=O) groups excluding carboxylic acids is 1. The summed E-state index contributed by atoms with van der Waals surface area (Å²) in [7, 11) is 0. The van der Waals surface area contributed by atoms with E-state index < -0.39 is 0 Å². The number of pyridine rings is 1. The van der Waals surface area contributed by atoms with E-state index in [0.717, 1.165) is 49.4 Å². The van der Waals surface area contributed by atoms with E-state index in [1.165, 1.54) is 0 Å². The summed E-state index contributed by atoms with van der Waals surface area (Å²) in [6.45, 7) is 4.50. The molecule has 0 spiro atoms. The molecular formula is C18H25N5O. The van der Waals surface area contributed by atoms with E-state index in [-0.39, 0.29) is 11.9 Å². The summed E-state index contributed by atoms with van der Waals surface area (Å²) in [5.74, 6) is 0.124. The largest absolute Gasteiger partial charge is 0.333 e. The predicted octanol–water partition coefficient (Wildman–Crippen LogP) is 1.83. The van der Waals surface area contributed by atoms with Gasteiger partial charge in [-0.1, -0.05) is 6.07 Å². The molecule has 1 aliphatic heterocycles. The molecule has 3 heterocycles. The minimum Gasteiger partial charge on any atom is -0.333 e. The summed E-state index contributed by atoms with van der Waals surface area (Å²) in [5, 5.41) is 10.5. The second-order valence-electron chi connectivity index (χ2n) is 6.40. The number of amides is 1. The molecule has 0 aliphatic carbocycles. The first-order chi connectivity index (χ1) is 11.7. The Balaban J connectivity index is 1.75. The van der Waals surface area contributed by atoms with Crippen LogP contribution in [0.2, 0.25) is 0 Å². The van der Waals surface area contributed by atoms with Crippen LogP contribution in [0.4, 0.5) is 0 Å². The molecule has 1 atom stereocenters. The molecule has 2 N–H and O–H groups in total. The Kier molecular flexibility index (Phi) is 5.59. The molecule has 0 saturated carbocycles. The van der Waals surface area contributed by atoms with Crippen molar-refractivity contribution in [2.45, 2.75) is 45.2 Å². The van der Waals surface area contributed by atoms with Crippen LogP contribution in [0.15, 0.2) is 30.5 Å². The Hall–Kier alpha value is -2.21. The average molecular weight is 327 g/mol. The predicted molar refractivity (Wildman–Crippen MR) is 92.3 cm³/mol. The van der Waals surface area contributed by atoms with Crippen molar-refractivity contribution in [3.63, 3.8) is 0 Å². The normalized spacial score (nSPS) is 18.1. The number of nitrogens with zero attached hydrogens (tertiary/aromatic N) is 3. The molecule has 2 aromatic heterocycles. The van der Waals surface area contributed by atoms with Crippen LogP contribution in [0.1, 0.15) is 36.3 Å². The molecule has 2 aromatic rings. The lowest BCUT2D eigenvalue weighted by atomic mass is 10.1. The lowest BCUT2D eigenvalue weighted by molar-refractivity contribution is -0.133. The number of nitrogens with one attached hydrogen (secondary N) is 2. The van der Waals surface area contributed by atoms with Crippen molar-refractivity contribution in [2.75, 3.05) is 13.1 Å². The third-order valence-corrected chi connectivity index (χ3v) is 4.46. The molecule has 3 rings (SSSR count). The number of aromatic nitrogens is 3. The van der Waals surface area contributed by atoms with Gasteiger partial charge >= 0.3 is 0 Å². The monoisotopic (exact) mass is 327 g/mol. The Bertz CT molecular complexity index is 646. The van der Waals surface area contributed by atoms with Gasteiger partial charge in [-0.25, -0.2) is 0 Å².